The number of likely N-dealkylation sites (tertiary alicyclic amines) is 1. The van der Waals surface area contributed by atoms with Crippen LogP contribution in [0.4, 0.5) is 0 Å². The van der Waals surface area contributed by atoms with E-state index in [0.29, 0.717) is 18.6 Å². The van der Waals surface area contributed by atoms with Gasteiger partial charge in [0.15, 0.2) is 6.61 Å². The highest BCUT2D eigenvalue weighted by atomic mass is 32.2. The number of carbonyl (C=O) groups is 3. The van der Waals surface area contributed by atoms with Crippen LogP contribution in [0, 0.1) is 0 Å². The highest BCUT2D eigenvalue weighted by Gasteiger charge is 2.57. The summed E-state index contributed by atoms with van der Waals surface area (Å²) >= 11 is 1.63. The van der Waals surface area contributed by atoms with E-state index in [1.54, 1.807) is 16.7 Å². The fourth-order valence-corrected chi connectivity index (χ4v) is 6.52. The molecule has 0 saturated carbocycles. The second kappa shape index (κ2) is 8.38. The average molecular weight is 417 g/mol. The predicted octanol–water partition coefficient (Wildman–Crippen LogP) is 2.91. The minimum Gasteiger partial charge on any atom is -0.454 e. The zero-order valence-corrected chi connectivity index (χ0v) is 17.7. The molecule has 3 atom stereocenters. The summed E-state index contributed by atoms with van der Waals surface area (Å²) in [4.78, 5) is 41.2. The molecule has 4 rings (SSSR count). The standard InChI is InChI=1S/C22H28N2O4S/c1-2-17-10-6-7-13-23(17)20(26)14-28-21(27)18-15-29-22(12-11-19(25)24(18)22)16-8-4-3-5-9-16/h3-5,8-9,17-18H,2,6-7,10-15H2,1H3/t17-,18-,22+/m0/s1. The lowest BCUT2D eigenvalue weighted by atomic mass is 10.00. The molecule has 1 aromatic carbocycles. The molecule has 0 radical (unpaired) electrons. The number of hydrogen-bond donors (Lipinski definition) is 0. The van der Waals surface area contributed by atoms with Crippen molar-refractivity contribution < 1.29 is 19.1 Å². The van der Waals surface area contributed by atoms with E-state index in [4.69, 9.17) is 4.74 Å². The lowest BCUT2D eigenvalue weighted by Gasteiger charge is -2.35. The quantitative estimate of drug-likeness (QED) is 0.691. The lowest BCUT2D eigenvalue weighted by molar-refractivity contribution is -0.159. The summed E-state index contributed by atoms with van der Waals surface area (Å²) < 4.78 is 5.43. The van der Waals surface area contributed by atoms with Crippen LogP contribution in [0.1, 0.15) is 51.0 Å². The number of ether oxygens (including phenoxy) is 1. The van der Waals surface area contributed by atoms with Crippen LogP contribution >= 0.6 is 11.8 Å². The van der Waals surface area contributed by atoms with Crippen LogP contribution in [0.15, 0.2) is 30.3 Å². The number of piperidine rings is 1. The number of fused-ring (bicyclic) bond motifs is 1. The Labute approximate surface area is 175 Å². The first kappa shape index (κ1) is 20.3. The number of rotatable bonds is 5. The Kier molecular flexibility index (Phi) is 5.86. The minimum atomic E-state index is -0.633. The average Bonchev–Trinajstić information content (AvgIpc) is 3.31. The van der Waals surface area contributed by atoms with Gasteiger partial charge in [0.25, 0.3) is 5.91 Å². The molecule has 0 aromatic heterocycles. The molecule has 2 amide bonds. The van der Waals surface area contributed by atoms with Crippen molar-refractivity contribution in [3.05, 3.63) is 35.9 Å². The third-order valence-corrected chi connectivity index (χ3v) is 7.98. The van der Waals surface area contributed by atoms with Crippen molar-refractivity contribution in [3.63, 3.8) is 0 Å². The summed E-state index contributed by atoms with van der Waals surface area (Å²) in [5.74, 6) is -0.120. The highest BCUT2D eigenvalue weighted by Crippen LogP contribution is 2.54. The molecule has 0 unspecified atom stereocenters. The summed E-state index contributed by atoms with van der Waals surface area (Å²) in [6, 6.07) is 9.49. The smallest absolute Gasteiger partial charge is 0.330 e. The van der Waals surface area contributed by atoms with Crippen molar-refractivity contribution >= 4 is 29.5 Å². The van der Waals surface area contributed by atoms with E-state index in [1.165, 1.54) is 0 Å². The van der Waals surface area contributed by atoms with E-state index in [-0.39, 0.29) is 24.5 Å². The molecule has 3 heterocycles. The van der Waals surface area contributed by atoms with Crippen LogP contribution in [0.25, 0.3) is 0 Å². The molecule has 6 nitrogen and oxygen atoms in total. The molecular weight excluding hydrogens is 388 g/mol. The van der Waals surface area contributed by atoms with E-state index in [0.717, 1.165) is 37.8 Å². The molecule has 0 N–H and O–H groups in total. The van der Waals surface area contributed by atoms with Gasteiger partial charge in [-0.05, 0) is 37.7 Å². The summed E-state index contributed by atoms with van der Waals surface area (Å²) in [6.45, 7) is 2.58. The fourth-order valence-electron chi connectivity index (χ4n) is 4.88. The topological polar surface area (TPSA) is 66.9 Å². The zero-order valence-electron chi connectivity index (χ0n) is 16.8. The summed E-state index contributed by atoms with van der Waals surface area (Å²) in [6.07, 6.45) is 5.18. The molecule has 3 aliphatic heterocycles. The summed E-state index contributed by atoms with van der Waals surface area (Å²) in [5.41, 5.74) is 1.04. The minimum absolute atomic E-state index is 0.0193. The van der Waals surface area contributed by atoms with E-state index in [1.807, 2.05) is 35.2 Å². The molecule has 0 bridgehead atoms. The lowest BCUT2D eigenvalue weighted by Crippen LogP contribution is -2.48. The van der Waals surface area contributed by atoms with Crippen molar-refractivity contribution in [2.24, 2.45) is 0 Å². The van der Waals surface area contributed by atoms with Gasteiger partial charge in [-0.15, -0.1) is 11.8 Å². The van der Waals surface area contributed by atoms with Crippen LogP contribution in [0.2, 0.25) is 0 Å². The number of amides is 2. The van der Waals surface area contributed by atoms with Crippen LogP contribution in [0.3, 0.4) is 0 Å². The highest BCUT2D eigenvalue weighted by molar-refractivity contribution is 8.00. The molecule has 1 aromatic rings. The number of esters is 1. The maximum absolute atomic E-state index is 12.8. The van der Waals surface area contributed by atoms with Gasteiger partial charge in [0.1, 0.15) is 10.9 Å². The molecular formula is C22H28N2O4S. The van der Waals surface area contributed by atoms with Crippen LogP contribution in [-0.2, 0) is 24.0 Å². The van der Waals surface area contributed by atoms with E-state index < -0.39 is 16.9 Å². The van der Waals surface area contributed by atoms with Gasteiger partial charge in [-0.2, -0.15) is 0 Å². The van der Waals surface area contributed by atoms with E-state index >= 15 is 0 Å². The maximum atomic E-state index is 12.8. The molecule has 3 saturated heterocycles. The first-order valence-corrected chi connectivity index (χ1v) is 11.5. The van der Waals surface area contributed by atoms with Gasteiger partial charge >= 0.3 is 5.97 Å². The first-order chi connectivity index (χ1) is 14.1. The van der Waals surface area contributed by atoms with Gasteiger partial charge in [-0.25, -0.2) is 4.79 Å². The van der Waals surface area contributed by atoms with E-state index in [2.05, 4.69) is 6.92 Å². The maximum Gasteiger partial charge on any atom is 0.330 e. The normalized spacial score (nSPS) is 29.1. The Hall–Kier alpha value is -2.02. The molecule has 156 valence electrons. The third kappa shape index (κ3) is 3.65. The third-order valence-electron chi connectivity index (χ3n) is 6.38. The number of nitrogens with zero attached hydrogens (tertiary/aromatic N) is 2. The Balaban J connectivity index is 1.43. The number of hydrogen-bond acceptors (Lipinski definition) is 5. The van der Waals surface area contributed by atoms with Crippen molar-refractivity contribution in [3.8, 4) is 0 Å². The molecule has 29 heavy (non-hydrogen) atoms. The number of carbonyl (C=O) groups excluding carboxylic acids is 3. The second-order valence-corrected chi connectivity index (χ2v) is 9.29. The number of benzene rings is 1. The van der Waals surface area contributed by atoms with Crippen LogP contribution < -0.4 is 0 Å². The predicted molar refractivity (Wildman–Crippen MR) is 111 cm³/mol. The van der Waals surface area contributed by atoms with Crippen molar-refractivity contribution in [2.75, 3.05) is 18.9 Å². The summed E-state index contributed by atoms with van der Waals surface area (Å²) in [7, 11) is 0. The van der Waals surface area contributed by atoms with Crippen molar-refractivity contribution in [1.82, 2.24) is 9.80 Å². The first-order valence-electron chi connectivity index (χ1n) is 10.5. The Morgan fingerprint density at radius 3 is 2.79 bits per heavy atom. The SMILES string of the molecule is CC[C@H]1CCCCN1C(=O)COC(=O)[C@@H]1CS[C@@]2(c3ccccc3)CCC(=O)N12. The van der Waals surface area contributed by atoms with Gasteiger partial charge in [0.2, 0.25) is 5.91 Å². The molecule has 3 fully saturated rings. The van der Waals surface area contributed by atoms with Crippen LogP contribution in [0.5, 0.6) is 0 Å². The largest absolute Gasteiger partial charge is 0.454 e. The Morgan fingerprint density at radius 1 is 1.24 bits per heavy atom. The van der Waals surface area contributed by atoms with Crippen molar-refractivity contribution in [1.29, 1.82) is 0 Å². The molecule has 0 spiro atoms. The van der Waals surface area contributed by atoms with Crippen LogP contribution in [-0.4, -0.2) is 58.6 Å². The molecule has 3 aliphatic rings. The van der Waals surface area contributed by atoms with Gasteiger partial charge in [-0.3, -0.25) is 9.59 Å². The van der Waals surface area contributed by atoms with Crippen molar-refractivity contribution in [2.45, 2.75) is 62.4 Å². The Morgan fingerprint density at radius 2 is 2.03 bits per heavy atom. The van der Waals surface area contributed by atoms with Gasteiger partial charge < -0.3 is 14.5 Å². The van der Waals surface area contributed by atoms with Gasteiger partial charge in [-0.1, -0.05) is 37.3 Å². The molecule has 7 heteroatoms. The van der Waals surface area contributed by atoms with E-state index in [9.17, 15) is 14.4 Å². The second-order valence-electron chi connectivity index (χ2n) is 7.99. The Bertz CT molecular complexity index is 786. The monoisotopic (exact) mass is 416 g/mol. The molecule has 0 aliphatic carbocycles. The summed E-state index contributed by atoms with van der Waals surface area (Å²) in [5, 5.41) is 0. The van der Waals surface area contributed by atoms with Gasteiger partial charge in [0, 0.05) is 24.8 Å². The number of thioether (sulfide) groups is 1. The zero-order chi connectivity index (χ0) is 20.4. The van der Waals surface area contributed by atoms with Gasteiger partial charge in [0.05, 0.1) is 0 Å². The fraction of sp³-hybridized carbons (Fsp3) is 0.591.